The van der Waals surface area contributed by atoms with Gasteiger partial charge in [-0.25, -0.2) is 4.39 Å². The van der Waals surface area contributed by atoms with Crippen molar-refractivity contribution < 1.29 is 9.13 Å². The molecule has 2 rings (SSSR count). The molecule has 0 aliphatic rings. The Morgan fingerprint density at radius 3 is 2.72 bits per heavy atom. The largest absolute Gasteiger partial charge is 0.456 e. The van der Waals surface area contributed by atoms with Gasteiger partial charge in [0.15, 0.2) is 0 Å². The smallest absolute Gasteiger partial charge is 0.148 e. The van der Waals surface area contributed by atoms with E-state index in [0.717, 1.165) is 5.69 Å². The number of halogens is 1. The van der Waals surface area contributed by atoms with Crippen LogP contribution in [-0.2, 0) is 0 Å². The average Bonchev–Trinajstić information content (AvgIpc) is 2.28. The Kier molecular flexibility index (Phi) is 3.24. The number of ether oxygens (including phenoxy) is 1. The van der Waals surface area contributed by atoms with Crippen molar-refractivity contribution in [2.24, 2.45) is 0 Å². The fourth-order valence-corrected chi connectivity index (χ4v) is 1.67. The van der Waals surface area contributed by atoms with Crippen LogP contribution in [0.2, 0.25) is 0 Å². The molecule has 2 aromatic rings. The molecule has 90 valence electrons. The monoisotopic (exact) mass is 242 g/mol. The second kappa shape index (κ2) is 4.84. The van der Waals surface area contributed by atoms with Crippen LogP contribution in [0.4, 0.5) is 4.39 Å². The second-order valence-electron chi connectivity index (χ2n) is 3.89. The van der Waals surface area contributed by atoms with Crippen molar-refractivity contribution >= 4 is 0 Å². The lowest BCUT2D eigenvalue weighted by Crippen LogP contribution is -1.96. The minimum atomic E-state index is -0.381. The minimum absolute atomic E-state index is 0.358. The number of nitriles is 1. The molecule has 0 saturated carbocycles. The van der Waals surface area contributed by atoms with E-state index in [9.17, 15) is 4.39 Å². The molecule has 0 unspecified atom stereocenters. The van der Waals surface area contributed by atoms with Crippen LogP contribution in [-0.4, -0.2) is 4.98 Å². The van der Waals surface area contributed by atoms with Crippen LogP contribution < -0.4 is 4.74 Å². The van der Waals surface area contributed by atoms with Crippen molar-refractivity contribution in [2.75, 3.05) is 0 Å². The standard InChI is InChI=1S/C14H11FN2O/c1-9-6-14(13(8-16)10(2)17-9)18-12-5-3-4-11(15)7-12/h3-7H,1-2H3. The quantitative estimate of drug-likeness (QED) is 0.809. The maximum absolute atomic E-state index is 13.1. The third-order valence-corrected chi connectivity index (χ3v) is 2.43. The molecule has 18 heavy (non-hydrogen) atoms. The average molecular weight is 242 g/mol. The van der Waals surface area contributed by atoms with Gasteiger partial charge in [0.25, 0.3) is 0 Å². The van der Waals surface area contributed by atoms with Crippen molar-refractivity contribution in [3.05, 3.63) is 53.1 Å². The van der Waals surface area contributed by atoms with Crippen LogP contribution in [0.25, 0.3) is 0 Å². The van der Waals surface area contributed by atoms with E-state index < -0.39 is 0 Å². The first-order chi connectivity index (χ1) is 8.60. The maximum Gasteiger partial charge on any atom is 0.148 e. The van der Waals surface area contributed by atoms with Gasteiger partial charge in [0.2, 0.25) is 0 Å². The van der Waals surface area contributed by atoms with Gasteiger partial charge >= 0.3 is 0 Å². The molecule has 1 aromatic heterocycles. The maximum atomic E-state index is 13.1. The third kappa shape index (κ3) is 2.46. The summed E-state index contributed by atoms with van der Waals surface area (Å²) in [7, 11) is 0. The number of aromatic nitrogens is 1. The molecule has 0 bridgehead atoms. The molecule has 1 aromatic carbocycles. The number of hydrogen-bond acceptors (Lipinski definition) is 3. The Bertz CT molecular complexity index is 632. The first-order valence-corrected chi connectivity index (χ1v) is 5.42. The van der Waals surface area contributed by atoms with Gasteiger partial charge in [-0.2, -0.15) is 5.26 Å². The van der Waals surface area contributed by atoms with Crippen LogP contribution in [0.1, 0.15) is 17.0 Å². The molecule has 0 N–H and O–H groups in total. The Hall–Kier alpha value is -2.41. The van der Waals surface area contributed by atoms with Crippen LogP contribution in [0.15, 0.2) is 30.3 Å². The predicted octanol–water partition coefficient (Wildman–Crippen LogP) is 3.50. The van der Waals surface area contributed by atoms with E-state index in [-0.39, 0.29) is 5.82 Å². The van der Waals surface area contributed by atoms with E-state index in [4.69, 9.17) is 10.00 Å². The summed E-state index contributed by atoms with van der Waals surface area (Å²) in [4.78, 5) is 4.19. The first kappa shape index (κ1) is 12.1. The van der Waals surface area contributed by atoms with E-state index in [2.05, 4.69) is 4.98 Å². The summed E-state index contributed by atoms with van der Waals surface area (Å²) in [6.07, 6.45) is 0. The summed E-state index contributed by atoms with van der Waals surface area (Å²) in [5.74, 6) is 0.373. The highest BCUT2D eigenvalue weighted by Crippen LogP contribution is 2.27. The van der Waals surface area contributed by atoms with E-state index >= 15 is 0 Å². The minimum Gasteiger partial charge on any atom is -0.456 e. The van der Waals surface area contributed by atoms with Gasteiger partial charge in [0, 0.05) is 17.8 Å². The zero-order valence-corrected chi connectivity index (χ0v) is 10.1. The molecule has 1 heterocycles. The zero-order chi connectivity index (χ0) is 13.1. The van der Waals surface area contributed by atoms with E-state index in [1.54, 1.807) is 25.1 Å². The topological polar surface area (TPSA) is 45.9 Å². The van der Waals surface area contributed by atoms with Gasteiger partial charge in [0.05, 0.1) is 5.69 Å². The summed E-state index contributed by atoms with van der Waals surface area (Å²) in [5, 5.41) is 9.08. The Morgan fingerprint density at radius 1 is 1.28 bits per heavy atom. The highest BCUT2D eigenvalue weighted by Gasteiger charge is 2.10. The Morgan fingerprint density at radius 2 is 2.06 bits per heavy atom. The number of aryl methyl sites for hydroxylation is 2. The lowest BCUT2D eigenvalue weighted by atomic mass is 10.2. The van der Waals surface area contributed by atoms with Gasteiger partial charge in [-0.1, -0.05) is 6.07 Å². The molecular weight excluding hydrogens is 231 g/mol. The molecule has 4 heteroatoms. The van der Waals surface area contributed by atoms with Gasteiger partial charge in [-0.05, 0) is 26.0 Å². The first-order valence-electron chi connectivity index (χ1n) is 5.42. The molecule has 0 amide bonds. The Balaban J connectivity index is 2.43. The molecule has 0 spiro atoms. The SMILES string of the molecule is Cc1cc(Oc2cccc(F)c2)c(C#N)c(C)n1. The third-order valence-electron chi connectivity index (χ3n) is 2.43. The summed E-state index contributed by atoms with van der Waals surface area (Å²) in [6, 6.07) is 9.50. The molecule has 0 radical (unpaired) electrons. The van der Waals surface area contributed by atoms with E-state index in [1.165, 1.54) is 12.1 Å². The van der Waals surface area contributed by atoms with Gasteiger partial charge in [0.1, 0.15) is 28.9 Å². The summed E-state index contributed by atoms with van der Waals surface area (Å²) >= 11 is 0. The van der Waals surface area contributed by atoms with Crippen molar-refractivity contribution in [3.8, 4) is 17.6 Å². The van der Waals surface area contributed by atoms with Crippen LogP contribution >= 0.6 is 0 Å². The number of benzene rings is 1. The number of pyridine rings is 1. The summed E-state index contributed by atoms with van der Waals surface area (Å²) in [6.45, 7) is 3.55. The number of rotatable bonds is 2. The molecule has 0 saturated heterocycles. The number of nitrogens with zero attached hydrogens (tertiary/aromatic N) is 2. The van der Waals surface area contributed by atoms with Crippen molar-refractivity contribution in [1.29, 1.82) is 5.26 Å². The molecule has 0 aliphatic heterocycles. The van der Waals surface area contributed by atoms with Gasteiger partial charge < -0.3 is 4.74 Å². The van der Waals surface area contributed by atoms with Crippen LogP contribution in [0.3, 0.4) is 0 Å². The summed E-state index contributed by atoms with van der Waals surface area (Å²) in [5.41, 5.74) is 1.71. The fraction of sp³-hybridized carbons (Fsp3) is 0.143. The van der Waals surface area contributed by atoms with Crippen molar-refractivity contribution in [1.82, 2.24) is 4.98 Å². The molecular formula is C14H11FN2O. The molecule has 0 atom stereocenters. The normalized spacial score (nSPS) is 9.89. The highest BCUT2D eigenvalue weighted by atomic mass is 19.1. The predicted molar refractivity (Wildman–Crippen MR) is 64.9 cm³/mol. The second-order valence-corrected chi connectivity index (χ2v) is 3.89. The lowest BCUT2D eigenvalue weighted by molar-refractivity contribution is 0.473. The Labute approximate surface area is 104 Å². The van der Waals surface area contributed by atoms with E-state index in [0.29, 0.717) is 22.8 Å². The summed E-state index contributed by atoms with van der Waals surface area (Å²) < 4.78 is 18.6. The molecule has 3 nitrogen and oxygen atoms in total. The van der Waals surface area contributed by atoms with Crippen LogP contribution in [0, 0.1) is 31.0 Å². The number of hydrogen-bond donors (Lipinski definition) is 0. The zero-order valence-electron chi connectivity index (χ0n) is 10.1. The molecule has 0 fully saturated rings. The molecule has 0 aliphatic carbocycles. The van der Waals surface area contributed by atoms with Gasteiger partial charge in [-0.3, -0.25) is 4.98 Å². The van der Waals surface area contributed by atoms with Gasteiger partial charge in [-0.15, -0.1) is 0 Å². The fourth-order valence-electron chi connectivity index (χ4n) is 1.67. The van der Waals surface area contributed by atoms with Crippen LogP contribution in [0.5, 0.6) is 11.5 Å². The lowest BCUT2D eigenvalue weighted by Gasteiger charge is -2.09. The van der Waals surface area contributed by atoms with E-state index in [1.807, 2.05) is 13.0 Å². The van der Waals surface area contributed by atoms with Crippen molar-refractivity contribution in [2.45, 2.75) is 13.8 Å². The van der Waals surface area contributed by atoms with Crippen molar-refractivity contribution in [3.63, 3.8) is 0 Å². The highest BCUT2D eigenvalue weighted by molar-refractivity contribution is 5.48.